The maximum Gasteiger partial charge on any atom is 0.257 e. The first-order valence-electron chi connectivity index (χ1n) is 7.61. The Kier molecular flexibility index (Phi) is 4.44. The Hall–Kier alpha value is -2.04. The topological polar surface area (TPSA) is 51.3 Å². The van der Waals surface area contributed by atoms with Crippen LogP contribution in [-0.4, -0.2) is 27.6 Å². The third-order valence-corrected chi connectivity index (χ3v) is 3.79. The van der Waals surface area contributed by atoms with Crippen LogP contribution in [-0.2, 0) is 18.5 Å². The van der Waals surface area contributed by atoms with Crippen molar-refractivity contribution in [3.05, 3.63) is 41.1 Å². The Balaban J connectivity index is 2.26. The third-order valence-electron chi connectivity index (χ3n) is 3.79. The van der Waals surface area contributed by atoms with Gasteiger partial charge < -0.3 is 9.32 Å². The molecule has 0 fully saturated rings. The molecule has 0 aliphatic carbocycles. The Labute approximate surface area is 131 Å². The van der Waals surface area contributed by atoms with Gasteiger partial charge in [-0.3, -0.25) is 9.48 Å². The lowest BCUT2D eigenvalue weighted by Gasteiger charge is -2.23. The Bertz CT molecular complexity index is 662. The van der Waals surface area contributed by atoms with E-state index in [1.807, 2.05) is 24.7 Å². The van der Waals surface area contributed by atoms with E-state index in [0.29, 0.717) is 12.1 Å². The number of nitrogens with zero attached hydrogens (tertiary/aromatic N) is 3. The molecule has 5 nitrogen and oxygen atoms in total. The van der Waals surface area contributed by atoms with Gasteiger partial charge in [-0.25, -0.2) is 0 Å². The number of hydrogen-bond donors (Lipinski definition) is 0. The Morgan fingerprint density at radius 2 is 2.09 bits per heavy atom. The van der Waals surface area contributed by atoms with Crippen LogP contribution in [0.25, 0.3) is 0 Å². The summed E-state index contributed by atoms with van der Waals surface area (Å²) in [5.41, 5.74) is 2.55. The highest BCUT2D eigenvalue weighted by molar-refractivity contribution is 5.95. The molecule has 5 heteroatoms. The lowest BCUT2D eigenvalue weighted by atomic mass is 10.1. The van der Waals surface area contributed by atoms with Crippen molar-refractivity contribution in [2.45, 2.75) is 53.1 Å². The zero-order chi connectivity index (χ0) is 16.5. The molecule has 0 radical (unpaired) electrons. The molecule has 0 aromatic carbocycles. The molecule has 0 bridgehead atoms. The fraction of sp³-hybridized carbons (Fsp3) is 0.529. The summed E-state index contributed by atoms with van der Waals surface area (Å²) in [4.78, 5) is 14.5. The van der Waals surface area contributed by atoms with Gasteiger partial charge >= 0.3 is 0 Å². The lowest BCUT2D eigenvalue weighted by Crippen LogP contribution is -2.29. The molecule has 2 aromatic rings. The highest BCUT2D eigenvalue weighted by Gasteiger charge is 2.25. The van der Waals surface area contributed by atoms with Crippen molar-refractivity contribution in [3.8, 4) is 0 Å². The maximum absolute atomic E-state index is 12.7. The van der Waals surface area contributed by atoms with E-state index in [-0.39, 0.29) is 11.4 Å². The van der Waals surface area contributed by atoms with Gasteiger partial charge in [0.15, 0.2) is 0 Å². The van der Waals surface area contributed by atoms with Gasteiger partial charge in [-0.2, -0.15) is 5.10 Å². The summed E-state index contributed by atoms with van der Waals surface area (Å²) in [6.07, 6.45) is 4.11. The smallest absolute Gasteiger partial charge is 0.257 e. The number of hydrogen-bond acceptors (Lipinski definition) is 3. The molecule has 0 spiro atoms. The van der Waals surface area contributed by atoms with Gasteiger partial charge in [0.05, 0.1) is 29.3 Å². The average molecular weight is 303 g/mol. The molecule has 0 aliphatic heterocycles. The molecule has 2 aromatic heterocycles. The molecule has 120 valence electrons. The first kappa shape index (κ1) is 16.3. The largest absolute Gasteiger partial charge is 0.469 e. The minimum atomic E-state index is -0.135. The number of rotatable bonds is 4. The average Bonchev–Trinajstić information content (AvgIpc) is 3.03. The van der Waals surface area contributed by atoms with Gasteiger partial charge in [0, 0.05) is 19.2 Å². The molecule has 2 heterocycles. The number of furan rings is 1. The van der Waals surface area contributed by atoms with Crippen LogP contribution in [0.2, 0.25) is 0 Å². The zero-order valence-electron chi connectivity index (χ0n) is 14.3. The summed E-state index contributed by atoms with van der Waals surface area (Å²) in [5.74, 6) is 0.841. The molecular weight excluding hydrogens is 278 g/mol. The summed E-state index contributed by atoms with van der Waals surface area (Å²) < 4.78 is 7.23. The SMILES string of the molecule is CCc1c(C(=O)N(C)Cc2ccoc2C)cnn1C(C)(C)C. The first-order valence-corrected chi connectivity index (χ1v) is 7.61. The molecule has 2 rings (SSSR count). The lowest BCUT2D eigenvalue weighted by molar-refractivity contribution is 0.0783. The molecule has 0 N–H and O–H groups in total. The fourth-order valence-electron chi connectivity index (χ4n) is 2.58. The minimum absolute atomic E-state index is 0.00653. The predicted octanol–water partition coefficient (Wildman–Crippen LogP) is 3.37. The summed E-state index contributed by atoms with van der Waals surface area (Å²) in [5, 5.41) is 4.43. The molecule has 1 amide bonds. The summed E-state index contributed by atoms with van der Waals surface area (Å²) >= 11 is 0. The molecular formula is C17H25N3O2. The second-order valence-electron chi connectivity index (χ2n) is 6.60. The maximum atomic E-state index is 12.7. The third kappa shape index (κ3) is 3.08. The number of amides is 1. The molecule has 0 atom stereocenters. The predicted molar refractivity (Wildman–Crippen MR) is 85.8 cm³/mol. The van der Waals surface area contributed by atoms with Crippen LogP contribution in [0.1, 0.15) is 55.1 Å². The van der Waals surface area contributed by atoms with Crippen LogP contribution in [0.15, 0.2) is 22.9 Å². The zero-order valence-corrected chi connectivity index (χ0v) is 14.3. The monoisotopic (exact) mass is 303 g/mol. The number of carbonyl (C=O) groups is 1. The summed E-state index contributed by atoms with van der Waals surface area (Å²) in [6, 6.07) is 1.90. The second-order valence-corrected chi connectivity index (χ2v) is 6.60. The van der Waals surface area contributed by atoms with Crippen LogP contribution in [0.5, 0.6) is 0 Å². The van der Waals surface area contributed by atoms with E-state index in [2.05, 4.69) is 32.8 Å². The van der Waals surface area contributed by atoms with E-state index in [4.69, 9.17) is 4.42 Å². The van der Waals surface area contributed by atoms with Crippen LogP contribution in [0.4, 0.5) is 0 Å². The van der Waals surface area contributed by atoms with Crippen molar-refractivity contribution in [1.82, 2.24) is 14.7 Å². The molecule has 0 saturated heterocycles. The quantitative estimate of drug-likeness (QED) is 0.870. The first-order chi connectivity index (χ1) is 10.3. The van der Waals surface area contributed by atoms with E-state index in [1.165, 1.54) is 0 Å². The van der Waals surface area contributed by atoms with Crippen molar-refractivity contribution in [2.24, 2.45) is 0 Å². The van der Waals surface area contributed by atoms with Gasteiger partial charge in [-0.15, -0.1) is 0 Å². The van der Waals surface area contributed by atoms with Crippen LogP contribution >= 0.6 is 0 Å². The van der Waals surface area contributed by atoms with Crippen molar-refractivity contribution >= 4 is 5.91 Å². The van der Waals surface area contributed by atoms with Crippen molar-refractivity contribution in [1.29, 1.82) is 0 Å². The van der Waals surface area contributed by atoms with Crippen molar-refractivity contribution < 1.29 is 9.21 Å². The van der Waals surface area contributed by atoms with Gasteiger partial charge in [-0.1, -0.05) is 6.92 Å². The summed E-state index contributed by atoms with van der Waals surface area (Å²) in [6.45, 7) is 10.8. The van der Waals surface area contributed by atoms with E-state index >= 15 is 0 Å². The van der Waals surface area contributed by atoms with Gasteiger partial charge in [-0.05, 0) is 40.2 Å². The highest BCUT2D eigenvalue weighted by Crippen LogP contribution is 2.21. The van der Waals surface area contributed by atoms with Gasteiger partial charge in [0.2, 0.25) is 0 Å². The van der Waals surface area contributed by atoms with E-state index in [1.54, 1.807) is 17.4 Å². The Morgan fingerprint density at radius 3 is 2.59 bits per heavy atom. The summed E-state index contributed by atoms with van der Waals surface area (Å²) in [7, 11) is 1.81. The minimum Gasteiger partial charge on any atom is -0.469 e. The molecule has 0 unspecified atom stereocenters. The van der Waals surface area contributed by atoms with Crippen molar-refractivity contribution in [2.75, 3.05) is 7.05 Å². The van der Waals surface area contributed by atoms with E-state index in [0.717, 1.165) is 23.4 Å². The highest BCUT2D eigenvalue weighted by atomic mass is 16.3. The normalized spacial score (nSPS) is 11.7. The second kappa shape index (κ2) is 5.99. The van der Waals surface area contributed by atoms with Crippen molar-refractivity contribution in [3.63, 3.8) is 0 Å². The van der Waals surface area contributed by atoms with Crippen LogP contribution in [0, 0.1) is 6.92 Å². The fourth-order valence-corrected chi connectivity index (χ4v) is 2.58. The molecule has 22 heavy (non-hydrogen) atoms. The Morgan fingerprint density at radius 1 is 1.41 bits per heavy atom. The number of carbonyl (C=O) groups excluding carboxylic acids is 1. The van der Waals surface area contributed by atoms with Crippen LogP contribution < -0.4 is 0 Å². The standard InChI is InChI=1S/C17H25N3O2/c1-7-15-14(10-18-20(15)17(3,4)5)16(21)19(6)11-13-8-9-22-12(13)2/h8-10H,7,11H2,1-6H3. The number of aromatic nitrogens is 2. The molecule has 0 saturated carbocycles. The van der Waals surface area contributed by atoms with E-state index in [9.17, 15) is 4.79 Å². The van der Waals surface area contributed by atoms with Crippen LogP contribution in [0.3, 0.4) is 0 Å². The van der Waals surface area contributed by atoms with Gasteiger partial charge in [0.1, 0.15) is 5.76 Å². The molecule has 0 aliphatic rings. The van der Waals surface area contributed by atoms with Gasteiger partial charge in [0.25, 0.3) is 5.91 Å². The number of aryl methyl sites for hydroxylation is 1. The van der Waals surface area contributed by atoms with E-state index < -0.39 is 0 Å².